The maximum absolute atomic E-state index is 14.0. The van der Waals surface area contributed by atoms with Crippen LogP contribution >= 0.6 is 0 Å². The molecule has 0 unspecified atom stereocenters. The van der Waals surface area contributed by atoms with Crippen LogP contribution in [-0.4, -0.2) is 136 Å². The van der Waals surface area contributed by atoms with Gasteiger partial charge in [-0.3, -0.25) is 9.59 Å². The van der Waals surface area contributed by atoms with Crippen LogP contribution in [0.15, 0.2) is 11.6 Å². The number of aliphatic hydroxyl groups is 4. The third kappa shape index (κ3) is 9.52. The largest absolute Gasteiger partial charge is 0.459 e. The Labute approximate surface area is 298 Å². The zero-order chi connectivity index (χ0) is 38.1. The number of Topliss-reactive ketones (excluding diaryl/α,β-unsaturated/α-hetero) is 1. The van der Waals surface area contributed by atoms with Gasteiger partial charge in [0, 0.05) is 31.4 Å². The molecule has 0 aromatic carbocycles. The molecular weight excluding hydrogens is 650 g/mol. The number of carbonyl (C=O) groups excluding carboxylic acids is 2. The highest BCUT2D eigenvalue weighted by Gasteiger charge is 2.52. The van der Waals surface area contributed by atoms with Crippen LogP contribution in [0.25, 0.3) is 0 Å². The number of likely N-dealkylation sites (N-methyl/N-ethyl adjacent to an activating group) is 1. The summed E-state index contributed by atoms with van der Waals surface area (Å²) in [6, 6.07) is -0.300. The van der Waals surface area contributed by atoms with Gasteiger partial charge in [0.15, 0.2) is 18.4 Å². The molecule has 3 rings (SSSR count). The molecule has 2 saturated heterocycles. The van der Waals surface area contributed by atoms with Crippen LogP contribution in [0.3, 0.4) is 0 Å². The van der Waals surface area contributed by atoms with Gasteiger partial charge < -0.3 is 53.7 Å². The van der Waals surface area contributed by atoms with Gasteiger partial charge in [-0.2, -0.15) is 0 Å². The summed E-state index contributed by atoms with van der Waals surface area (Å²) in [6.07, 6.45) is -5.98. The fourth-order valence-corrected chi connectivity index (χ4v) is 8.09. The molecule has 0 amide bonds. The van der Waals surface area contributed by atoms with Crippen molar-refractivity contribution in [3.05, 3.63) is 11.6 Å². The summed E-state index contributed by atoms with van der Waals surface area (Å²) in [6.45, 7) is 16.9. The van der Waals surface area contributed by atoms with E-state index in [1.165, 1.54) is 20.1 Å². The molecule has 3 aliphatic heterocycles. The number of methoxy groups -OCH3 is 1. The molecule has 4 N–H and O–H groups in total. The summed E-state index contributed by atoms with van der Waals surface area (Å²) in [7, 11) is 5.22. The number of nitrogens with zero attached hydrogens (tertiary/aromatic N) is 1. The zero-order valence-electron chi connectivity index (χ0n) is 32.4. The standard InChI is InChI=1S/C37H65NO12/c1-14-26-35(8,43)16-19(2)28(39)20(3)17-36(9,44)32(50-34-29(40)25(38(11)12)15-21(4)46-34)22(5)30(23(6)33(42)48-26)49-27-18-37(10,45-13)31(41)24(7)47-27/h16,20-27,29-32,34,40-41,43-44H,14-15,17-18H2,1-13H3/b19-16-/t20-,21-,22+,23-,24+,25+,26-,27+,29-,30+,31+,32-,34+,35+,36-,37-/m1/s1. The van der Waals surface area contributed by atoms with Gasteiger partial charge in [-0.25, -0.2) is 0 Å². The van der Waals surface area contributed by atoms with Crippen molar-refractivity contribution in [2.45, 2.75) is 173 Å². The molecular formula is C37H65NO12. The van der Waals surface area contributed by atoms with Crippen LogP contribution in [0.5, 0.6) is 0 Å². The molecule has 3 aliphatic rings. The average Bonchev–Trinajstić information content (AvgIpc) is 3.02. The molecule has 2 fully saturated rings. The Kier molecular flexibility index (Phi) is 14.3. The minimum atomic E-state index is -1.73. The van der Waals surface area contributed by atoms with Gasteiger partial charge in [0.05, 0.1) is 41.5 Å². The first kappa shape index (κ1) is 42.9. The third-order valence-corrected chi connectivity index (χ3v) is 11.2. The number of esters is 1. The summed E-state index contributed by atoms with van der Waals surface area (Å²) in [5, 5.41) is 46.1. The van der Waals surface area contributed by atoms with E-state index in [2.05, 4.69) is 0 Å². The van der Waals surface area contributed by atoms with Crippen molar-refractivity contribution in [2.24, 2.45) is 17.8 Å². The Bertz CT molecular complexity index is 1190. The molecule has 0 aromatic rings. The highest BCUT2D eigenvalue weighted by Crippen LogP contribution is 2.40. The first-order valence-electron chi connectivity index (χ1n) is 18.1. The number of aliphatic hydroxyl groups excluding tert-OH is 2. The molecule has 13 nitrogen and oxygen atoms in total. The van der Waals surface area contributed by atoms with Crippen molar-refractivity contribution in [1.29, 1.82) is 0 Å². The van der Waals surface area contributed by atoms with Crippen molar-refractivity contribution in [3.63, 3.8) is 0 Å². The average molecular weight is 716 g/mol. The van der Waals surface area contributed by atoms with Crippen molar-refractivity contribution < 1.29 is 58.4 Å². The number of carbonyl (C=O) groups is 2. The number of hydrogen-bond acceptors (Lipinski definition) is 13. The second-order valence-corrected chi connectivity index (χ2v) is 16.0. The summed E-state index contributed by atoms with van der Waals surface area (Å²) in [5.41, 5.74) is -4.16. The molecule has 0 bridgehead atoms. The van der Waals surface area contributed by atoms with Crippen molar-refractivity contribution >= 4 is 11.8 Å². The summed E-state index contributed by atoms with van der Waals surface area (Å²) in [5.74, 6) is -3.48. The lowest BCUT2D eigenvalue weighted by Gasteiger charge is -2.48. The Morgan fingerprint density at radius 3 is 2.16 bits per heavy atom. The van der Waals surface area contributed by atoms with E-state index in [0.717, 1.165) is 0 Å². The molecule has 0 saturated carbocycles. The van der Waals surface area contributed by atoms with E-state index in [0.29, 0.717) is 6.42 Å². The Balaban J connectivity index is 2.18. The highest BCUT2D eigenvalue weighted by molar-refractivity contribution is 5.96. The smallest absolute Gasteiger partial charge is 0.311 e. The van der Waals surface area contributed by atoms with E-state index in [-0.39, 0.29) is 42.8 Å². The van der Waals surface area contributed by atoms with Crippen molar-refractivity contribution in [1.82, 2.24) is 4.90 Å². The molecule has 3 heterocycles. The number of allylic oxidation sites excluding steroid dienone is 1. The van der Waals surface area contributed by atoms with E-state index >= 15 is 0 Å². The molecule has 0 spiro atoms. The number of hydrogen-bond donors (Lipinski definition) is 4. The fraction of sp³-hybridized carbons (Fsp3) is 0.892. The second-order valence-electron chi connectivity index (χ2n) is 16.0. The topological polar surface area (TPSA) is 174 Å². The summed E-state index contributed by atoms with van der Waals surface area (Å²) >= 11 is 0. The van der Waals surface area contributed by atoms with Gasteiger partial charge in [0.2, 0.25) is 0 Å². The van der Waals surface area contributed by atoms with Crippen LogP contribution in [-0.2, 0) is 38.0 Å². The van der Waals surface area contributed by atoms with Crippen molar-refractivity contribution in [2.75, 3.05) is 21.2 Å². The normalized spacial score (nSPS) is 48.4. The van der Waals surface area contributed by atoms with Gasteiger partial charge in [0.25, 0.3) is 0 Å². The summed E-state index contributed by atoms with van der Waals surface area (Å²) < 4.78 is 37.2. The SMILES string of the molecule is CC[C@H]1OC(=O)[C@H](C)[C@@H](O[C@H]2C[C@@](C)(OC)[C@@H](O)[C@H](C)O2)[C@H](C)[C@@H](O[C@@H]2O[C@H](C)C[C@H](N(C)C)[C@H]2O)[C@](C)(O)C[C@@H](C)C(=O)/C(C)=C\[C@]1(C)O. The van der Waals surface area contributed by atoms with Crippen LogP contribution in [0.2, 0.25) is 0 Å². The zero-order valence-corrected chi connectivity index (χ0v) is 32.4. The van der Waals surface area contributed by atoms with Crippen LogP contribution < -0.4 is 0 Å². The van der Waals surface area contributed by atoms with Crippen LogP contribution in [0, 0.1) is 17.8 Å². The Morgan fingerprint density at radius 1 is 0.980 bits per heavy atom. The van der Waals surface area contributed by atoms with E-state index in [4.69, 9.17) is 28.4 Å². The maximum atomic E-state index is 14.0. The third-order valence-electron chi connectivity index (χ3n) is 11.2. The van der Waals surface area contributed by atoms with E-state index in [1.807, 2.05) is 25.9 Å². The predicted octanol–water partition coefficient (Wildman–Crippen LogP) is 2.73. The molecule has 50 heavy (non-hydrogen) atoms. The van der Waals surface area contributed by atoms with Crippen LogP contribution in [0.1, 0.15) is 94.9 Å². The molecule has 0 aromatic heterocycles. The molecule has 0 radical (unpaired) electrons. The lowest BCUT2D eigenvalue weighted by atomic mass is 9.76. The van der Waals surface area contributed by atoms with Crippen LogP contribution in [0.4, 0.5) is 0 Å². The van der Waals surface area contributed by atoms with E-state index < -0.39 is 89.7 Å². The second kappa shape index (κ2) is 16.7. The van der Waals surface area contributed by atoms with Crippen molar-refractivity contribution in [3.8, 4) is 0 Å². The van der Waals surface area contributed by atoms with Gasteiger partial charge >= 0.3 is 5.97 Å². The van der Waals surface area contributed by atoms with Gasteiger partial charge in [-0.05, 0) is 93.5 Å². The minimum absolute atomic E-state index is 0.0582. The monoisotopic (exact) mass is 715 g/mol. The lowest BCUT2D eigenvalue weighted by molar-refractivity contribution is -0.317. The predicted molar refractivity (Wildman–Crippen MR) is 185 cm³/mol. The summed E-state index contributed by atoms with van der Waals surface area (Å²) in [4.78, 5) is 29.6. The van der Waals surface area contributed by atoms with E-state index in [1.54, 1.807) is 55.4 Å². The molecule has 0 aliphatic carbocycles. The maximum Gasteiger partial charge on any atom is 0.311 e. The van der Waals surface area contributed by atoms with Gasteiger partial charge in [0.1, 0.15) is 23.9 Å². The Morgan fingerprint density at radius 2 is 1.60 bits per heavy atom. The molecule has 290 valence electrons. The fourth-order valence-electron chi connectivity index (χ4n) is 8.09. The quantitative estimate of drug-likeness (QED) is 0.284. The van der Waals surface area contributed by atoms with Gasteiger partial charge in [-0.15, -0.1) is 0 Å². The Hall–Kier alpha value is -1.52. The minimum Gasteiger partial charge on any atom is -0.459 e. The van der Waals surface area contributed by atoms with E-state index in [9.17, 15) is 30.0 Å². The number of cyclic esters (lactones) is 1. The molecule has 13 heteroatoms. The first-order valence-corrected chi connectivity index (χ1v) is 18.1. The number of rotatable bonds is 7. The first-order chi connectivity index (χ1) is 23.0. The molecule has 16 atom stereocenters. The highest BCUT2D eigenvalue weighted by atomic mass is 16.7. The lowest BCUT2D eigenvalue weighted by Crippen LogP contribution is -2.60. The van der Waals surface area contributed by atoms with Gasteiger partial charge in [-0.1, -0.05) is 20.8 Å². The number of ketones is 1. The number of ether oxygens (including phenoxy) is 6.